The topological polar surface area (TPSA) is 39.1 Å². The van der Waals surface area contributed by atoms with Crippen LogP contribution in [-0.4, -0.2) is 16.9 Å². The molecule has 0 unspecified atom stereocenters. The van der Waals surface area contributed by atoms with Crippen LogP contribution in [-0.2, 0) is 13.6 Å². The van der Waals surface area contributed by atoms with Crippen molar-refractivity contribution >= 4 is 15.9 Å². The van der Waals surface area contributed by atoms with Gasteiger partial charge in [0.2, 0.25) is 5.88 Å². The van der Waals surface area contributed by atoms with Gasteiger partial charge in [0.1, 0.15) is 0 Å². The minimum absolute atomic E-state index is 0.271. The van der Waals surface area contributed by atoms with E-state index in [0.717, 1.165) is 28.2 Å². The number of aryl methyl sites for hydroxylation is 2. The fourth-order valence-corrected chi connectivity index (χ4v) is 2.53. The van der Waals surface area contributed by atoms with Crippen LogP contribution in [0.2, 0.25) is 0 Å². The van der Waals surface area contributed by atoms with E-state index in [1.165, 1.54) is 5.56 Å². The predicted octanol–water partition coefficient (Wildman–Crippen LogP) is 3.35. The van der Waals surface area contributed by atoms with E-state index in [9.17, 15) is 0 Å². The van der Waals surface area contributed by atoms with Crippen LogP contribution in [0.3, 0.4) is 0 Å². The third kappa shape index (κ3) is 3.22. The smallest absolute Gasteiger partial charge is 0.216 e. The van der Waals surface area contributed by atoms with Crippen molar-refractivity contribution in [2.24, 2.45) is 7.05 Å². The highest BCUT2D eigenvalue weighted by atomic mass is 79.9. The molecule has 1 aromatic heterocycles. The van der Waals surface area contributed by atoms with Crippen molar-refractivity contribution in [1.82, 2.24) is 15.1 Å². The first kappa shape index (κ1) is 15.1. The summed E-state index contributed by atoms with van der Waals surface area (Å²) in [6.07, 6.45) is 0. The van der Waals surface area contributed by atoms with Crippen LogP contribution in [0.5, 0.6) is 5.88 Å². The Balaban J connectivity index is 2.07. The lowest BCUT2D eigenvalue weighted by atomic mass is 10.1. The summed E-state index contributed by atoms with van der Waals surface area (Å²) in [5.41, 5.74) is 3.37. The molecule has 20 heavy (non-hydrogen) atoms. The molecular weight excluding hydrogens is 318 g/mol. The Morgan fingerprint density at radius 3 is 2.60 bits per heavy atom. The van der Waals surface area contributed by atoms with Gasteiger partial charge in [0.05, 0.1) is 18.4 Å². The number of hydrogen-bond donors (Lipinski definition) is 1. The first-order valence-corrected chi connectivity index (χ1v) is 7.37. The van der Waals surface area contributed by atoms with Crippen LogP contribution in [0.25, 0.3) is 0 Å². The van der Waals surface area contributed by atoms with E-state index in [4.69, 9.17) is 4.74 Å². The summed E-state index contributed by atoms with van der Waals surface area (Å²) in [4.78, 5) is 0. The number of nitrogens with one attached hydrogen (secondary N) is 1. The molecule has 1 atom stereocenters. The van der Waals surface area contributed by atoms with Crippen molar-refractivity contribution in [2.45, 2.75) is 26.4 Å². The molecule has 2 rings (SSSR count). The fourth-order valence-electron chi connectivity index (χ4n) is 2.26. The first-order valence-electron chi connectivity index (χ1n) is 6.58. The quantitative estimate of drug-likeness (QED) is 0.909. The van der Waals surface area contributed by atoms with E-state index in [-0.39, 0.29) is 6.04 Å². The molecule has 1 heterocycles. The SMILES string of the molecule is COc1c(CN[C@@H](C)c2ccc(Br)cc2)c(C)nn1C. The number of halogens is 1. The molecule has 0 amide bonds. The molecule has 0 spiro atoms. The monoisotopic (exact) mass is 337 g/mol. The number of rotatable bonds is 5. The van der Waals surface area contributed by atoms with Crippen molar-refractivity contribution in [3.05, 3.63) is 45.6 Å². The Bertz CT molecular complexity index is 578. The second-order valence-electron chi connectivity index (χ2n) is 4.85. The van der Waals surface area contributed by atoms with Crippen LogP contribution in [0, 0.1) is 6.92 Å². The standard InChI is InChI=1S/C15H20BrN3O/c1-10(12-5-7-13(16)8-6-12)17-9-14-11(2)18-19(3)15(14)20-4/h5-8,10,17H,9H2,1-4H3/t10-/m0/s1. The number of aromatic nitrogens is 2. The molecule has 108 valence electrons. The molecular formula is C15H20BrN3O. The first-order chi connectivity index (χ1) is 9.52. The van der Waals surface area contributed by atoms with Gasteiger partial charge in [-0.2, -0.15) is 5.10 Å². The highest BCUT2D eigenvalue weighted by Gasteiger charge is 2.14. The minimum atomic E-state index is 0.271. The lowest BCUT2D eigenvalue weighted by Crippen LogP contribution is -2.18. The predicted molar refractivity (Wildman–Crippen MR) is 83.9 cm³/mol. The number of ether oxygens (including phenoxy) is 1. The van der Waals surface area contributed by atoms with Crippen molar-refractivity contribution < 1.29 is 4.74 Å². The molecule has 0 saturated heterocycles. The molecule has 0 aliphatic heterocycles. The summed E-state index contributed by atoms with van der Waals surface area (Å²) in [6, 6.07) is 8.63. The second kappa shape index (κ2) is 6.41. The fraction of sp³-hybridized carbons (Fsp3) is 0.400. The Morgan fingerprint density at radius 1 is 1.35 bits per heavy atom. The normalized spacial score (nSPS) is 12.4. The Morgan fingerprint density at radius 2 is 2.00 bits per heavy atom. The zero-order chi connectivity index (χ0) is 14.7. The van der Waals surface area contributed by atoms with Gasteiger partial charge in [-0.25, -0.2) is 4.68 Å². The van der Waals surface area contributed by atoms with Gasteiger partial charge in [-0.3, -0.25) is 0 Å². The molecule has 0 fully saturated rings. The Labute approximate surface area is 128 Å². The van der Waals surface area contributed by atoms with Crippen molar-refractivity contribution in [3.8, 4) is 5.88 Å². The average molecular weight is 338 g/mol. The summed E-state index contributed by atoms with van der Waals surface area (Å²) in [6.45, 7) is 4.89. The van der Waals surface area contributed by atoms with Gasteiger partial charge in [-0.15, -0.1) is 0 Å². The third-order valence-electron chi connectivity index (χ3n) is 3.44. The Hall–Kier alpha value is -1.33. The van der Waals surface area contributed by atoms with Crippen molar-refractivity contribution in [2.75, 3.05) is 7.11 Å². The number of methoxy groups -OCH3 is 1. The summed E-state index contributed by atoms with van der Waals surface area (Å²) >= 11 is 3.45. The van der Waals surface area contributed by atoms with E-state index in [2.05, 4.69) is 57.5 Å². The molecule has 0 aliphatic rings. The van der Waals surface area contributed by atoms with Crippen LogP contribution >= 0.6 is 15.9 Å². The van der Waals surface area contributed by atoms with Crippen LogP contribution in [0.4, 0.5) is 0 Å². The van der Waals surface area contributed by atoms with E-state index in [0.29, 0.717) is 0 Å². The molecule has 5 heteroatoms. The van der Waals surface area contributed by atoms with Gasteiger partial charge in [0.15, 0.2) is 0 Å². The lowest BCUT2D eigenvalue weighted by molar-refractivity contribution is 0.367. The van der Waals surface area contributed by atoms with Gasteiger partial charge < -0.3 is 10.1 Å². The van der Waals surface area contributed by atoms with E-state index < -0.39 is 0 Å². The van der Waals surface area contributed by atoms with Gasteiger partial charge >= 0.3 is 0 Å². The maximum Gasteiger partial charge on any atom is 0.216 e. The lowest BCUT2D eigenvalue weighted by Gasteiger charge is -2.15. The van der Waals surface area contributed by atoms with Crippen LogP contribution < -0.4 is 10.1 Å². The zero-order valence-corrected chi connectivity index (χ0v) is 13.9. The molecule has 1 aromatic carbocycles. The zero-order valence-electron chi connectivity index (χ0n) is 12.3. The molecule has 0 radical (unpaired) electrons. The van der Waals surface area contributed by atoms with Crippen molar-refractivity contribution in [1.29, 1.82) is 0 Å². The molecule has 1 N–H and O–H groups in total. The summed E-state index contributed by atoms with van der Waals surface area (Å²) in [5, 5.41) is 7.90. The largest absolute Gasteiger partial charge is 0.481 e. The summed E-state index contributed by atoms with van der Waals surface area (Å²) in [5.74, 6) is 0.818. The number of hydrogen-bond acceptors (Lipinski definition) is 3. The van der Waals surface area contributed by atoms with Gasteiger partial charge in [0, 0.05) is 24.1 Å². The van der Waals surface area contributed by atoms with Crippen molar-refractivity contribution in [3.63, 3.8) is 0 Å². The summed E-state index contributed by atoms with van der Waals surface area (Å²) < 4.78 is 8.27. The van der Waals surface area contributed by atoms with E-state index in [1.54, 1.807) is 11.8 Å². The van der Waals surface area contributed by atoms with E-state index in [1.807, 2.05) is 14.0 Å². The molecule has 0 aliphatic carbocycles. The van der Waals surface area contributed by atoms with Gasteiger partial charge in [-0.05, 0) is 31.5 Å². The number of benzene rings is 1. The van der Waals surface area contributed by atoms with E-state index >= 15 is 0 Å². The second-order valence-corrected chi connectivity index (χ2v) is 5.77. The van der Waals surface area contributed by atoms with Gasteiger partial charge in [0.25, 0.3) is 0 Å². The van der Waals surface area contributed by atoms with Gasteiger partial charge in [-0.1, -0.05) is 28.1 Å². The molecule has 2 aromatic rings. The van der Waals surface area contributed by atoms with Crippen LogP contribution in [0.15, 0.2) is 28.7 Å². The molecule has 4 nitrogen and oxygen atoms in total. The van der Waals surface area contributed by atoms with Crippen LogP contribution in [0.1, 0.15) is 29.8 Å². The highest BCUT2D eigenvalue weighted by molar-refractivity contribution is 9.10. The highest BCUT2D eigenvalue weighted by Crippen LogP contribution is 2.22. The molecule has 0 bridgehead atoms. The molecule has 0 saturated carbocycles. The Kier molecular flexibility index (Phi) is 4.83. The third-order valence-corrected chi connectivity index (χ3v) is 3.97. The minimum Gasteiger partial charge on any atom is -0.481 e. The average Bonchev–Trinajstić information content (AvgIpc) is 2.70. The maximum atomic E-state index is 5.40. The summed E-state index contributed by atoms with van der Waals surface area (Å²) in [7, 11) is 3.57. The number of nitrogens with zero attached hydrogens (tertiary/aromatic N) is 2. The maximum absolute atomic E-state index is 5.40.